The molecule has 2 aromatic rings. The van der Waals surface area contributed by atoms with E-state index >= 15 is 0 Å². The average Bonchev–Trinajstić information content (AvgIpc) is 2.69. The molecule has 90 valence electrons. The SMILES string of the molecule is Cc1nc(CCNc2c(C)cccc2N)no1. The molecule has 1 aromatic carbocycles. The third-order valence-corrected chi connectivity index (χ3v) is 2.53. The zero-order valence-corrected chi connectivity index (χ0v) is 10.0. The summed E-state index contributed by atoms with van der Waals surface area (Å²) in [6.07, 6.45) is 0.713. The molecular weight excluding hydrogens is 216 g/mol. The van der Waals surface area contributed by atoms with Crippen LogP contribution < -0.4 is 11.1 Å². The number of nitrogens with one attached hydrogen (secondary N) is 1. The lowest BCUT2D eigenvalue weighted by molar-refractivity contribution is 0.387. The Morgan fingerprint density at radius 2 is 2.18 bits per heavy atom. The minimum Gasteiger partial charge on any atom is -0.397 e. The molecule has 1 aromatic heterocycles. The highest BCUT2D eigenvalue weighted by molar-refractivity contribution is 5.69. The van der Waals surface area contributed by atoms with Crippen LogP contribution in [0.1, 0.15) is 17.3 Å². The molecule has 0 saturated carbocycles. The second-order valence-electron chi connectivity index (χ2n) is 3.95. The minimum atomic E-state index is 0.593. The first-order valence-corrected chi connectivity index (χ1v) is 5.55. The van der Waals surface area contributed by atoms with Crippen LogP contribution in [-0.4, -0.2) is 16.7 Å². The second-order valence-corrected chi connectivity index (χ2v) is 3.95. The Hall–Kier alpha value is -2.04. The van der Waals surface area contributed by atoms with Crippen LogP contribution in [0.2, 0.25) is 0 Å². The topological polar surface area (TPSA) is 77.0 Å². The standard InChI is InChI=1S/C12H16N4O/c1-8-4-3-5-10(13)12(8)14-7-6-11-15-9(2)17-16-11/h3-5,14H,6-7,13H2,1-2H3. The van der Waals surface area contributed by atoms with Crippen molar-refractivity contribution >= 4 is 11.4 Å². The first-order chi connectivity index (χ1) is 8.16. The minimum absolute atomic E-state index is 0.593. The van der Waals surface area contributed by atoms with Crippen LogP contribution in [0.25, 0.3) is 0 Å². The van der Waals surface area contributed by atoms with Gasteiger partial charge in [-0.1, -0.05) is 17.3 Å². The molecule has 5 nitrogen and oxygen atoms in total. The molecule has 1 heterocycles. The molecule has 0 fully saturated rings. The molecule has 5 heteroatoms. The maximum Gasteiger partial charge on any atom is 0.223 e. The zero-order chi connectivity index (χ0) is 12.3. The molecule has 0 atom stereocenters. The predicted molar refractivity (Wildman–Crippen MR) is 66.8 cm³/mol. The van der Waals surface area contributed by atoms with Gasteiger partial charge in [-0.2, -0.15) is 4.98 Å². The first-order valence-electron chi connectivity index (χ1n) is 5.55. The Balaban J connectivity index is 1.94. The van der Waals surface area contributed by atoms with Crippen LogP contribution in [-0.2, 0) is 6.42 Å². The lowest BCUT2D eigenvalue weighted by atomic mass is 10.1. The van der Waals surface area contributed by atoms with E-state index < -0.39 is 0 Å². The van der Waals surface area contributed by atoms with Crippen molar-refractivity contribution in [3.05, 3.63) is 35.5 Å². The number of hydrogen-bond acceptors (Lipinski definition) is 5. The Morgan fingerprint density at radius 3 is 2.82 bits per heavy atom. The Morgan fingerprint density at radius 1 is 1.35 bits per heavy atom. The fourth-order valence-corrected chi connectivity index (χ4v) is 1.67. The molecule has 0 amide bonds. The Bertz CT molecular complexity index is 487. The van der Waals surface area contributed by atoms with Gasteiger partial charge in [0.15, 0.2) is 5.82 Å². The van der Waals surface area contributed by atoms with E-state index in [1.165, 1.54) is 0 Å². The highest BCUT2D eigenvalue weighted by atomic mass is 16.5. The van der Waals surface area contributed by atoms with Crippen molar-refractivity contribution in [2.75, 3.05) is 17.6 Å². The van der Waals surface area contributed by atoms with Gasteiger partial charge in [-0.25, -0.2) is 0 Å². The van der Waals surface area contributed by atoms with Crippen LogP contribution >= 0.6 is 0 Å². The van der Waals surface area contributed by atoms with Crippen molar-refractivity contribution in [3.8, 4) is 0 Å². The summed E-state index contributed by atoms with van der Waals surface area (Å²) in [7, 11) is 0. The summed E-state index contributed by atoms with van der Waals surface area (Å²) in [5, 5.41) is 7.13. The maximum atomic E-state index is 5.89. The summed E-state index contributed by atoms with van der Waals surface area (Å²) in [6, 6.07) is 5.85. The third kappa shape index (κ3) is 2.75. The first kappa shape index (κ1) is 11.4. The van der Waals surface area contributed by atoms with Crippen molar-refractivity contribution in [2.45, 2.75) is 20.3 Å². The third-order valence-electron chi connectivity index (χ3n) is 2.53. The molecule has 0 aliphatic rings. The summed E-state index contributed by atoms with van der Waals surface area (Å²) < 4.78 is 4.90. The molecule has 0 spiro atoms. The molecule has 0 aliphatic carbocycles. The van der Waals surface area contributed by atoms with E-state index in [0.29, 0.717) is 18.1 Å². The quantitative estimate of drug-likeness (QED) is 0.787. The molecular formula is C12H16N4O. The molecule has 0 bridgehead atoms. The number of para-hydroxylation sites is 1. The molecule has 0 radical (unpaired) electrons. The Kier molecular flexibility index (Phi) is 3.27. The Labute approximate surface area is 100 Å². The number of hydrogen-bond donors (Lipinski definition) is 2. The number of rotatable bonds is 4. The van der Waals surface area contributed by atoms with E-state index in [2.05, 4.69) is 15.5 Å². The fourth-order valence-electron chi connectivity index (χ4n) is 1.67. The lowest BCUT2D eigenvalue weighted by Gasteiger charge is -2.10. The van der Waals surface area contributed by atoms with Gasteiger partial charge in [0.25, 0.3) is 0 Å². The average molecular weight is 232 g/mol. The summed E-state index contributed by atoms with van der Waals surface area (Å²) in [5.74, 6) is 1.30. The van der Waals surface area contributed by atoms with Gasteiger partial charge in [-0.3, -0.25) is 0 Å². The highest BCUT2D eigenvalue weighted by Gasteiger charge is 2.04. The number of nitrogens with two attached hydrogens (primary N) is 1. The van der Waals surface area contributed by atoms with Crippen LogP contribution in [0, 0.1) is 13.8 Å². The van der Waals surface area contributed by atoms with Gasteiger partial charge in [0, 0.05) is 19.9 Å². The van der Waals surface area contributed by atoms with Gasteiger partial charge >= 0.3 is 0 Å². The van der Waals surface area contributed by atoms with Crippen molar-refractivity contribution in [1.29, 1.82) is 0 Å². The van der Waals surface area contributed by atoms with Gasteiger partial charge in [-0.15, -0.1) is 0 Å². The number of anilines is 2. The van der Waals surface area contributed by atoms with Gasteiger partial charge in [0.05, 0.1) is 11.4 Å². The number of aryl methyl sites for hydroxylation is 2. The van der Waals surface area contributed by atoms with Gasteiger partial charge in [0.2, 0.25) is 5.89 Å². The zero-order valence-electron chi connectivity index (χ0n) is 10.0. The second kappa shape index (κ2) is 4.86. The van der Waals surface area contributed by atoms with E-state index in [9.17, 15) is 0 Å². The van der Waals surface area contributed by atoms with Crippen molar-refractivity contribution < 1.29 is 4.52 Å². The number of nitrogens with zero attached hydrogens (tertiary/aromatic N) is 2. The molecule has 0 unspecified atom stereocenters. The largest absolute Gasteiger partial charge is 0.397 e. The number of benzene rings is 1. The highest BCUT2D eigenvalue weighted by Crippen LogP contribution is 2.22. The summed E-state index contributed by atoms with van der Waals surface area (Å²) in [5.41, 5.74) is 8.76. The van der Waals surface area contributed by atoms with Crippen LogP contribution in [0.5, 0.6) is 0 Å². The molecule has 0 aliphatic heterocycles. The molecule has 0 saturated heterocycles. The van der Waals surface area contributed by atoms with E-state index in [4.69, 9.17) is 10.3 Å². The van der Waals surface area contributed by atoms with Crippen molar-refractivity contribution in [2.24, 2.45) is 0 Å². The summed E-state index contributed by atoms with van der Waals surface area (Å²) in [4.78, 5) is 4.14. The monoisotopic (exact) mass is 232 g/mol. The number of nitrogen functional groups attached to an aromatic ring is 1. The summed E-state index contributed by atoms with van der Waals surface area (Å²) in [6.45, 7) is 4.54. The predicted octanol–water partition coefficient (Wildman–Crippen LogP) is 1.92. The fraction of sp³-hybridized carbons (Fsp3) is 0.333. The van der Waals surface area contributed by atoms with E-state index in [0.717, 1.165) is 23.5 Å². The van der Waals surface area contributed by atoms with E-state index in [1.54, 1.807) is 6.92 Å². The van der Waals surface area contributed by atoms with Crippen molar-refractivity contribution in [1.82, 2.24) is 10.1 Å². The maximum absolute atomic E-state index is 5.89. The lowest BCUT2D eigenvalue weighted by Crippen LogP contribution is -2.09. The smallest absolute Gasteiger partial charge is 0.223 e. The molecule has 2 rings (SSSR count). The van der Waals surface area contributed by atoms with Gasteiger partial charge in [-0.05, 0) is 18.6 Å². The van der Waals surface area contributed by atoms with Gasteiger partial charge in [0.1, 0.15) is 0 Å². The van der Waals surface area contributed by atoms with Crippen LogP contribution in [0.4, 0.5) is 11.4 Å². The van der Waals surface area contributed by atoms with E-state index in [1.807, 2.05) is 25.1 Å². The van der Waals surface area contributed by atoms with Crippen LogP contribution in [0.15, 0.2) is 22.7 Å². The molecule has 17 heavy (non-hydrogen) atoms. The van der Waals surface area contributed by atoms with Crippen molar-refractivity contribution in [3.63, 3.8) is 0 Å². The van der Waals surface area contributed by atoms with E-state index in [-0.39, 0.29) is 0 Å². The van der Waals surface area contributed by atoms with Crippen LogP contribution in [0.3, 0.4) is 0 Å². The number of aromatic nitrogens is 2. The normalized spacial score (nSPS) is 10.5. The summed E-state index contributed by atoms with van der Waals surface area (Å²) >= 11 is 0. The molecule has 3 N–H and O–H groups in total. The van der Waals surface area contributed by atoms with Gasteiger partial charge < -0.3 is 15.6 Å².